The molecule has 0 radical (unpaired) electrons. The summed E-state index contributed by atoms with van der Waals surface area (Å²) < 4.78 is 13.1. The molecule has 0 aliphatic heterocycles. The zero-order valence-electron chi connectivity index (χ0n) is 12.3. The van der Waals surface area contributed by atoms with Crippen molar-refractivity contribution in [2.45, 2.75) is 24.4 Å². The van der Waals surface area contributed by atoms with E-state index in [-0.39, 0.29) is 24.0 Å². The predicted octanol–water partition coefficient (Wildman–Crippen LogP) is 0.0963. The van der Waals surface area contributed by atoms with Crippen LogP contribution in [0.15, 0.2) is 18.2 Å². The number of nitrogens with one attached hydrogen (secondary N) is 2. The minimum Gasteiger partial charge on any atom is -0.389 e. The summed E-state index contributed by atoms with van der Waals surface area (Å²) in [6.07, 6.45) is 0.220. The van der Waals surface area contributed by atoms with E-state index in [2.05, 4.69) is 10.6 Å². The van der Waals surface area contributed by atoms with Crippen molar-refractivity contribution < 1.29 is 24.2 Å². The van der Waals surface area contributed by atoms with Gasteiger partial charge in [0, 0.05) is 18.1 Å². The van der Waals surface area contributed by atoms with Crippen LogP contribution in [0.5, 0.6) is 0 Å². The molecule has 2 amide bonds. The Bertz CT molecular complexity index is 607. The number of hydrogen-bond donors (Lipinski definition) is 4. The van der Waals surface area contributed by atoms with Gasteiger partial charge in [-0.15, -0.1) is 0 Å². The highest BCUT2D eigenvalue weighted by atomic mass is 35.5. The number of carbonyl (C=O) groups excluding carboxylic acids is 2. The molecular formula is C15H18ClFN2O4. The van der Waals surface area contributed by atoms with Gasteiger partial charge in [0.2, 0.25) is 11.8 Å². The molecule has 23 heavy (non-hydrogen) atoms. The van der Waals surface area contributed by atoms with E-state index in [0.717, 1.165) is 0 Å². The number of halogens is 2. The maximum Gasteiger partial charge on any atom is 0.245 e. The highest BCUT2D eigenvalue weighted by Gasteiger charge is 2.52. The second kappa shape index (κ2) is 7.25. The summed E-state index contributed by atoms with van der Waals surface area (Å²) in [6, 6.07) is 3.93. The Morgan fingerprint density at radius 1 is 1.30 bits per heavy atom. The lowest BCUT2D eigenvalue weighted by molar-refractivity contribution is -0.124. The van der Waals surface area contributed by atoms with Crippen molar-refractivity contribution in [1.82, 2.24) is 10.6 Å². The number of hydrogen-bond acceptors (Lipinski definition) is 4. The second-order valence-electron chi connectivity index (χ2n) is 5.53. The fourth-order valence-corrected chi connectivity index (χ4v) is 2.71. The van der Waals surface area contributed by atoms with Crippen molar-refractivity contribution in [3.63, 3.8) is 0 Å². The van der Waals surface area contributed by atoms with Gasteiger partial charge in [-0.05, 0) is 30.5 Å². The van der Waals surface area contributed by atoms with Crippen LogP contribution in [0.2, 0.25) is 5.02 Å². The molecule has 6 nitrogen and oxygen atoms in total. The van der Waals surface area contributed by atoms with E-state index in [1.165, 1.54) is 18.2 Å². The quantitative estimate of drug-likeness (QED) is 0.563. The fraction of sp³-hybridized carbons (Fsp3) is 0.467. The summed E-state index contributed by atoms with van der Waals surface area (Å²) in [5, 5.41) is 23.4. The lowest BCUT2D eigenvalue weighted by Crippen LogP contribution is -2.43. The van der Waals surface area contributed by atoms with Crippen molar-refractivity contribution in [1.29, 1.82) is 0 Å². The summed E-state index contributed by atoms with van der Waals surface area (Å²) in [5.74, 6) is -1.37. The molecule has 0 saturated heterocycles. The number of rotatable bonds is 7. The third kappa shape index (κ3) is 4.19. The third-order valence-electron chi connectivity index (χ3n) is 3.81. The highest BCUT2D eigenvalue weighted by molar-refractivity contribution is 6.31. The Balaban J connectivity index is 1.91. The Labute approximate surface area is 137 Å². The van der Waals surface area contributed by atoms with Crippen LogP contribution in [0.1, 0.15) is 18.4 Å². The van der Waals surface area contributed by atoms with Crippen LogP contribution in [-0.4, -0.2) is 47.8 Å². The van der Waals surface area contributed by atoms with Gasteiger partial charge >= 0.3 is 0 Å². The standard InChI is InChI=1S/C15H18ClFN2O4/c16-12-5-9(17)1-2-11(12)15(3-4-15)14(23)19-7-10(21)6-18-13(22)8-20/h1-2,5,10,20-21H,3-4,6-8H2,(H,18,22)(H,19,23). The fourth-order valence-electron chi connectivity index (χ4n) is 2.36. The summed E-state index contributed by atoms with van der Waals surface area (Å²) in [7, 11) is 0. The number of benzene rings is 1. The molecule has 1 saturated carbocycles. The molecule has 1 unspecified atom stereocenters. The van der Waals surface area contributed by atoms with E-state index in [1.54, 1.807) is 0 Å². The van der Waals surface area contributed by atoms with E-state index in [1.807, 2.05) is 0 Å². The number of amides is 2. The lowest BCUT2D eigenvalue weighted by Gasteiger charge is -2.19. The average Bonchev–Trinajstić information content (AvgIpc) is 3.31. The Morgan fingerprint density at radius 3 is 2.52 bits per heavy atom. The van der Waals surface area contributed by atoms with Crippen LogP contribution in [-0.2, 0) is 15.0 Å². The van der Waals surface area contributed by atoms with Crippen LogP contribution >= 0.6 is 11.6 Å². The summed E-state index contributed by atoms with van der Waals surface area (Å²) in [5.41, 5.74) is -0.208. The molecular weight excluding hydrogens is 327 g/mol. The van der Waals surface area contributed by atoms with E-state index >= 15 is 0 Å². The molecule has 2 rings (SSSR count). The first-order valence-electron chi connectivity index (χ1n) is 7.18. The molecule has 0 spiro atoms. The van der Waals surface area contributed by atoms with Gasteiger partial charge in [0.05, 0.1) is 11.5 Å². The SMILES string of the molecule is O=C(CO)NCC(O)CNC(=O)C1(c2ccc(F)cc2Cl)CC1. The van der Waals surface area contributed by atoms with Gasteiger partial charge < -0.3 is 20.8 Å². The van der Waals surface area contributed by atoms with E-state index in [0.29, 0.717) is 18.4 Å². The molecule has 4 N–H and O–H groups in total. The highest BCUT2D eigenvalue weighted by Crippen LogP contribution is 2.50. The first kappa shape index (κ1) is 17.7. The van der Waals surface area contributed by atoms with Crippen molar-refractivity contribution in [2.24, 2.45) is 0 Å². The minimum atomic E-state index is -0.978. The van der Waals surface area contributed by atoms with Crippen molar-refractivity contribution in [3.8, 4) is 0 Å². The van der Waals surface area contributed by atoms with Crippen molar-refractivity contribution in [3.05, 3.63) is 34.6 Å². The molecule has 1 aromatic rings. The average molecular weight is 345 g/mol. The molecule has 1 atom stereocenters. The molecule has 0 bridgehead atoms. The van der Waals surface area contributed by atoms with E-state index in [9.17, 15) is 19.1 Å². The summed E-state index contributed by atoms with van der Waals surface area (Å²) in [4.78, 5) is 23.2. The largest absolute Gasteiger partial charge is 0.389 e. The van der Waals surface area contributed by atoms with E-state index < -0.39 is 29.9 Å². The zero-order chi connectivity index (χ0) is 17.0. The third-order valence-corrected chi connectivity index (χ3v) is 4.12. The monoisotopic (exact) mass is 344 g/mol. The van der Waals surface area contributed by atoms with Gasteiger partial charge in [-0.3, -0.25) is 9.59 Å². The van der Waals surface area contributed by atoms with Gasteiger partial charge in [-0.1, -0.05) is 17.7 Å². The van der Waals surface area contributed by atoms with Crippen LogP contribution in [0.4, 0.5) is 4.39 Å². The van der Waals surface area contributed by atoms with Gasteiger partial charge in [0.1, 0.15) is 12.4 Å². The maximum atomic E-state index is 13.1. The predicted molar refractivity (Wildman–Crippen MR) is 81.4 cm³/mol. The normalized spacial score (nSPS) is 16.5. The first-order chi connectivity index (χ1) is 10.9. The van der Waals surface area contributed by atoms with Crippen molar-refractivity contribution in [2.75, 3.05) is 19.7 Å². The lowest BCUT2D eigenvalue weighted by atomic mass is 9.94. The molecule has 1 aliphatic carbocycles. The smallest absolute Gasteiger partial charge is 0.245 e. The van der Waals surface area contributed by atoms with Gasteiger partial charge in [-0.2, -0.15) is 0 Å². The van der Waals surface area contributed by atoms with Crippen molar-refractivity contribution >= 4 is 23.4 Å². The summed E-state index contributed by atoms with van der Waals surface area (Å²) in [6.45, 7) is -0.791. The first-order valence-corrected chi connectivity index (χ1v) is 7.56. The number of aliphatic hydroxyl groups is 2. The molecule has 126 valence electrons. The Hall–Kier alpha value is -1.70. The molecule has 0 aromatic heterocycles. The maximum absolute atomic E-state index is 13.1. The number of aliphatic hydroxyl groups excluding tert-OH is 2. The molecule has 1 fully saturated rings. The minimum absolute atomic E-state index is 0.0505. The topological polar surface area (TPSA) is 98.7 Å². The van der Waals surface area contributed by atoms with Gasteiger partial charge in [-0.25, -0.2) is 4.39 Å². The Morgan fingerprint density at radius 2 is 1.96 bits per heavy atom. The number of carbonyl (C=O) groups is 2. The zero-order valence-corrected chi connectivity index (χ0v) is 13.1. The van der Waals surface area contributed by atoms with Gasteiger partial charge in [0.15, 0.2) is 0 Å². The summed E-state index contributed by atoms with van der Waals surface area (Å²) >= 11 is 6.02. The van der Waals surface area contributed by atoms with Crippen LogP contribution in [0.3, 0.4) is 0 Å². The van der Waals surface area contributed by atoms with Gasteiger partial charge in [0.25, 0.3) is 0 Å². The molecule has 0 heterocycles. The Kier molecular flexibility index (Phi) is 5.56. The molecule has 1 aliphatic rings. The molecule has 1 aromatic carbocycles. The van der Waals surface area contributed by atoms with Crippen LogP contribution in [0.25, 0.3) is 0 Å². The second-order valence-corrected chi connectivity index (χ2v) is 5.94. The molecule has 8 heteroatoms. The van der Waals surface area contributed by atoms with Crippen LogP contribution in [0, 0.1) is 5.82 Å². The van der Waals surface area contributed by atoms with Crippen LogP contribution < -0.4 is 10.6 Å². The van der Waals surface area contributed by atoms with E-state index in [4.69, 9.17) is 16.7 Å².